The number of rotatable bonds is 4. The zero-order chi connectivity index (χ0) is 13.5. The van der Waals surface area contributed by atoms with Gasteiger partial charge in [-0.2, -0.15) is 0 Å². The van der Waals surface area contributed by atoms with Crippen LogP contribution in [0.3, 0.4) is 0 Å². The van der Waals surface area contributed by atoms with Gasteiger partial charge in [-0.05, 0) is 42.0 Å². The highest BCUT2D eigenvalue weighted by molar-refractivity contribution is 7.80. The van der Waals surface area contributed by atoms with Crippen molar-refractivity contribution in [3.63, 3.8) is 0 Å². The standard InChI is InChI=1S/C15H15NO2S/c1-17-13-9-7-12(8-10-13)11-16-15(19)18-14-5-3-2-4-6-14/h2-10H,11H2,1H3,(H,16,19). The first-order valence-electron chi connectivity index (χ1n) is 5.91. The maximum atomic E-state index is 5.48. The van der Waals surface area contributed by atoms with E-state index in [1.165, 1.54) is 0 Å². The van der Waals surface area contributed by atoms with Gasteiger partial charge in [0.05, 0.1) is 7.11 Å². The summed E-state index contributed by atoms with van der Waals surface area (Å²) in [4.78, 5) is 0. The normalized spacial score (nSPS) is 9.74. The Morgan fingerprint density at radius 2 is 1.68 bits per heavy atom. The van der Waals surface area contributed by atoms with Crippen LogP contribution in [0.4, 0.5) is 0 Å². The van der Waals surface area contributed by atoms with Crippen LogP contribution in [0.15, 0.2) is 54.6 Å². The van der Waals surface area contributed by atoms with E-state index in [1.54, 1.807) is 7.11 Å². The molecule has 0 radical (unpaired) electrons. The minimum absolute atomic E-state index is 0.363. The average molecular weight is 273 g/mol. The molecule has 4 heteroatoms. The van der Waals surface area contributed by atoms with Gasteiger partial charge in [0.25, 0.3) is 5.17 Å². The second-order valence-corrected chi connectivity index (χ2v) is 4.27. The smallest absolute Gasteiger partial charge is 0.262 e. The van der Waals surface area contributed by atoms with Crippen molar-refractivity contribution in [2.24, 2.45) is 0 Å². The molecule has 0 heterocycles. The average Bonchev–Trinajstić information content (AvgIpc) is 2.47. The van der Waals surface area contributed by atoms with Crippen molar-refractivity contribution >= 4 is 17.4 Å². The molecule has 0 bridgehead atoms. The van der Waals surface area contributed by atoms with Gasteiger partial charge in [-0.1, -0.05) is 30.3 Å². The maximum Gasteiger partial charge on any atom is 0.262 e. The number of para-hydroxylation sites is 1. The molecule has 19 heavy (non-hydrogen) atoms. The van der Waals surface area contributed by atoms with E-state index in [0.717, 1.165) is 17.1 Å². The van der Waals surface area contributed by atoms with E-state index in [2.05, 4.69) is 5.32 Å². The molecule has 0 amide bonds. The molecule has 0 aliphatic heterocycles. The summed E-state index contributed by atoms with van der Waals surface area (Å²) < 4.78 is 10.6. The van der Waals surface area contributed by atoms with E-state index in [1.807, 2.05) is 54.6 Å². The zero-order valence-electron chi connectivity index (χ0n) is 10.6. The van der Waals surface area contributed by atoms with Crippen LogP contribution in [0.5, 0.6) is 11.5 Å². The van der Waals surface area contributed by atoms with Crippen molar-refractivity contribution < 1.29 is 9.47 Å². The lowest BCUT2D eigenvalue weighted by molar-refractivity contribution is 0.414. The van der Waals surface area contributed by atoms with Gasteiger partial charge in [0.15, 0.2) is 0 Å². The van der Waals surface area contributed by atoms with Gasteiger partial charge in [-0.3, -0.25) is 0 Å². The fourth-order valence-corrected chi connectivity index (χ4v) is 1.72. The first-order chi connectivity index (χ1) is 9.28. The first kappa shape index (κ1) is 13.4. The van der Waals surface area contributed by atoms with Crippen molar-refractivity contribution in [3.05, 3.63) is 60.2 Å². The lowest BCUT2D eigenvalue weighted by Crippen LogP contribution is -2.25. The maximum absolute atomic E-state index is 5.48. The Labute approximate surface area is 118 Å². The van der Waals surface area contributed by atoms with Crippen LogP contribution in [0.2, 0.25) is 0 Å². The van der Waals surface area contributed by atoms with Gasteiger partial charge in [0.1, 0.15) is 11.5 Å². The fourth-order valence-electron chi connectivity index (χ4n) is 1.55. The number of ether oxygens (including phenoxy) is 2. The van der Waals surface area contributed by atoms with Crippen LogP contribution in [0.25, 0.3) is 0 Å². The van der Waals surface area contributed by atoms with E-state index in [4.69, 9.17) is 21.7 Å². The zero-order valence-corrected chi connectivity index (χ0v) is 11.4. The highest BCUT2D eigenvalue weighted by Gasteiger charge is 2.00. The summed E-state index contributed by atoms with van der Waals surface area (Å²) in [6.07, 6.45) is 0. The topological polar surface area (TPSA) is 30.5 Å². The molecule has 0 saturated heterocycles. The molecule has 0 unspecified atom stereocenters. The summed E-state index contributed by atoms with van der Waals surface area (Å²) in [6, 6.07) is 17.3. The summed E-state index contributed by atoms with van der Waals surface area (Å²) in [6.45, 7) is 0.621. The van der Waals surface area contributed by atoms with Crippen LogP contribution in [-0.2, 0) is 6.54 Å². The summed E-state index contributed by atoms with van der Waals surface area (Å²) in [5, 5.41) is 3.42. The quantitative estimate of drug-likeness (QED) is 0.867. The Morgan fingerprint density at radius 1 is 1.00 bits per heavy atom. The largest absolute Gasteiger partial charge is 0.497 e. The predicted molar refractivity (Wildman–Crippen MR) is 79.5 cm³/mol. The molecule has 98 valence electrons. The van der Waals surface area contributed by atoms with E-state index < -0.39 is 0 Å². The molecule has 2 rings (SSSR count). The van der Waals surface area contributed by atoms with Gasteiger partial charge < -0.3 is 14.8 Å². The summed E-state index contributed by atoms with van der Waals surface area (Å²) in [7, 11) is 1.65. The number of hydrogen-bond donors (Lipinski definition) is 1. The molecular formula is C15H15NO2S. The molecule has 0 spiro atoms. The first-order valence-corrected chi connectivity index (χ1v) is 6.32. The summed E-state index contributed by atoms with van der Waals surface area (Å²) >= 11 is 5.13. The molecule has 0 aliphatic rings. The predicted octanol–water partition coefficient (Wildman–Crippen LogP) is 3.15. The van der Waals surface area contributed by atoms with Crippen LogP contribution in [0, 0.1) is 0 Å². The third-order valence-corrected chi connectivity index (χ3v) is 2.78. The molecule has 3 nitrogen and oxygen atoms in total. The Kier molecular flexibility index (Phi) is 4.75. The molecule has 0 fully saturated rings. The number of thiocarbonyl (C=S) groups is 1. The summed E-state index contributed by atoms with van der Waals surface area (Å²) in [5.74, 6) is 1.57. The van der Waals surface area contributed by atoms with E-state index in [0.29, 0.717) is 11.7 Å². The van der Waals surface area contributed by atoms with E-state index >= 15 is 0 Å². The number of benzene rings is 2. The summed E-state index contributed by atoms with van der Waals surface area (Å²) in [5.41, 5.74) is 1.11. The van der Waals surface area contributed by atoms with Gasteiger partial charge in [0, 0.05) is 6.54 Å². The number of nitrogens with one attached hydrogen (secondary N) is 1. The molecule has 0 aliphatic carbocycles. The molecule has 2 aromatic carbocycles. The minimum atomic E-state index is 0.363. The lowest BCUT2D eigenvalue weighted by atomic mass is 10.2. The Morgan fingerprint density at radius 3 is 2.32 bits per heavy atom. The van der Waals surface area contributed by atoms with Crippen LogP contribution in [-0.4, -0.2) is 12.3 Å². The highest BCUT2D eigenvalue weighted by atomic mass is 32.1. The van der Waals surface area contributed by atoms with Crippen molar-refractivity contribution in [2.45, 2.75) is 6.54 Å². The fraction of sp³-hybridized carbons (Fsp3) is 0.133. The van der Waals surface area contributed by atoms with Crippen molar-refractivity contribution in [1.82, 2.24) is 5.32 Å². The lowest BCUT2D eigenvalue weighted by Gasteiger charge is -2.09. The molecular weight excluding hydrogens is 258 g/mol. The molecule has 0 aromatic heterocycles. The second-order valence-electron chi connectivity index (χ2n) is 3.90. The third kappa shape index (κ3) is 4.26. The third-order valence-electron chi connectivity index (χ3n) is 2.55. The Hall–Kier alpha value is -2.07. The van der Waals surface area contributed by atoms with E-state index in [-0.39, 0.29) is 0 Å². The van der Waals surface area contributed by atoms with Gasteiger partial charge in [-0.25, -0.2) is 0 Å². The Bertz CT molecular complexity index is 526. The van der Waals surface area contributed by atoms with Crippen molar-refractivity contribution in [1.29, 1.82) is 0 Å². The van der Waals surface area contributed by atoms with Crippen LogP contribution >= 0.6 is 12.2 Å². The van der Waals surface area contributed by atoms with Crippen molar-refractivity contribution in [2.75, 3.05) is 7.11 Å². The van der Waals surface area contributed by atoms with E-state index in [9.17, 15) is 0 Å². The van der Waals surface area contributed by atoms with Crippen molar-refractivity contribution in [3.8, 4) is 11.5 Å². The van der Waals surface area contributed by atoms with Gasteiger partial charge >= 0.3 is 0 Å². The molecule has 1 N–H and O–H groups in total. The second kappa shape index (κ2) is 6.75. The highest BCUT2D eigenvalue weighted by Crippen LogP contribution is 2.11. The van der Waals surface area contributed by atoms with Gasteiger partial charge in [-0.15, -0.1) is 0 Å². The van der Waals surface area contributed by atoms with Gasteiger partial charge in [0.2, 0.25) is 0 Å². The minimum Gasteiger partial charge on any atom is -0.497 e. The monoisotopic (exact) mass is 273 g/mol. The van der Waals surface area contributed by atoms with Crippen LogP contribution in [0.1, 0.15) is 5.56 Å². The molecule has 0 atom stereocenters. The Balaban J connectivity index is 1.83. The molecule has 2 aromatic rings. The van der Waals surface area contributed by atoms with Crippen LogP contribution < -0.4 is 14.8 Å². The number of methoxy groups -OCH3 is 1. The SMILES string of the molecule is COc1ccc(CNC(=S)Oc2ccccc2)cc1. The molecule has 0 saturated carbocycles. The number of hydrogen-bond acceptors (Lipinski definition) is 3.